The van der Waals surface area contributed by atoms with E-state index in [9.17, 15) is 9.59 Å². The number of hydrogen-bond acceptors (Lipinski definition) is 6. The van der Waals surface area contributed by atoms with E-state index in [1.165, 1.54) is 0 Å². The standard InChI is InChI=1S/C23H22N4O3S/c1-25-21(28)14-26(23(25)16-7-3-2-4-8-16)15-22(29)27-18(20-10-6-12-31-20)13-17(24-27)19-9-5-11-30-19/h2-12,18,23H,13-15H2,1H3/t18-,23-/m1/s1. The summed E-state index contributed by atoms with van der Waals surface area (Å²) in [5, 5.41) is 8.20. The highest BCUT2D eigenvalue weighted by molar-refractivity contribution is 7.10. The van der Waals surface area contributed by atoms with Crippen LogP contribution >= 0.6 is 11.3 Å². The molecule has 1 saturated heterocycles. The molecule has 8 heteroatoms. The minimum atomic E-state index is -0.269. The first-order valence-electron chi connectivity index (χ1n) is 10.1. The third-order valence-corrected chi connectivity index (χ3v) is 6.70. The minimum Gasteiger partial charge on any atom is -0.463 e. The molecule has 0 unspecified atom stereocenters. The van der Waals surface area contributed by atoms with Gasteiger partial charge in [0.2, 0.25) is 5.91 Å². The molecule has 5 rings (SSSR count). The average molecular weight is 435 g/mol. The van der Waals surface area contributed by atoms with Crippen LogP contribution in [0.5, 0.6) is 0 Å². The fourth-order valence-electron chi connectivity index (χ4n) is 4.24. The summed E-state index contributed by atoms with van der Waals surface area (Å²) in [6.07, 6.45) is 1.94. The van der Waals surface area contributed by atoms with Crippen molar-refractivity contribution in [1.82, 2.24) is 14.8 Å². The van der Waals surface area contributed by atoms with Crippen molar-refractivity contribution in [1.29, 1.82) is 0 Å². The van der Waals surface area contributed by atoms with Crippen LogP contribution in [0.1, 0.15) is 34.8 Å². The monoisotopic (exact) mass is 434 g/mol. The van der Waals surface area contributed by atoms with E-state index in [0.717, 1.165) is 16.2 Å². The van der Waals surface area contributed by atoms with Crippen molar-refractivity contribution in [2.75, 3.05) is 20.1 Å². The Hall–Kier alpha value is -3.23. The Morgan fingerprint density at radius 3 is 2.71 bits per heavy atom. The number of likely N-dealkylation sites (N-methyl/N-ethyl adjacent to an activating group) is 1. The quantitative estimate of drug-likeness (QED) is 0.616. The first kappa shape index (κ1) is 19.7. The zero-order valence-corrected chi connectivity index (χ0v) is 17.9. The molecule has 2 aliphatic rings. The van der Waals surface area contributed by atoms with Gasteiger partial charge in [-0.25, -0.2) is 5.01 Å². The highest BCUT2D eigenvalue weighted by Crippen LogP contribution is 2.36. The molecule has 31 heavy (non-hydrogen) atoms. The topological polar surface area (TPSA) is 69.4 Å². The molecule has 0 bridgehead atoms. The van der Waals surface area contributed by atoms with Gasteiger partial charge in [-0.2, -0.15) is 5.10 Å². The largest absolute Gasteiger partial charge is 0.463 e. The molecule has 2 aliphatic heterocycles. The summed E-state index contributed by atoms with van der Waals surface area (Å²) in [4.78, 5) is 30.6. The summed E-state index contributed by atoms with van der Waals surface area (Å²) in [6, 6.07) is 17.3. The molecule has 158 valence electrons. The number of nitrogens with zero attached hydrogens (tertiary/aromatic N) is 4. The van der Waals surface area contributed by atoms with Gasteiger partial charge >= 0.3 is 0 Å². The van der Waals surface area contributed by atoms with Crippen LogP contribution in [-0.4, -0.2) is 52.5 Å². The average Bonchev–Trinajstić information content (AvgIpc) is 3.57. The Bertz CT molecular complexity index is 1100. The number of rotatable bonds is 5. The third kappa shape index (κ3) is 3.68. The molecule has 0 aliphatic carbocycles. The molecule has 0 radical (unpaired) electrons. The van der Waals surface area contributed by atoms with Crippen LogP contribution in [0.4, 0.5) is 0 Å². The van der Waals surface area contributed by atoms with Crippen molar-refractivity contribution in [2.45, 2.75) is 18.6 Å². The Balaban J connectivity index is 1.41. The predicted molar refractivity (Wildman–Crippen MR) is 117 cm³/mol. The zero-order chi connectivity index (χ0) is 21.4. The Morgan fingerprint density at radius 2 is 2.00 bits per heavy atom. The lowest BCUT2D eigenvalue weighted by molar-refractivity contribution is -0.134. The molecule has 1 fully saturated rings. The maximum absolute atomic E-state index is 13.4. The molecule has 0 N–H and O–H groups in total. The summed E-state index contributed by atoms with van der Waals surface area (Å²) < 4.78 is 5.52. The van der Waals surface area contributed by atoms with Crippen molar-refractivity contribution in [3.63, 3.8) is 0 Å². The molecular weight excluding hydrogens is 412 g/mol. The third-order valence-electron chi connectivity index (χ3n) is 5.72. The van der Waals surface area contributed by atoms with Gasteiger partial charge in [-0.1, -0.05) is 36.4 Å². The van der Waals surface area contributed by atoms with Crippen LogP contribution in [0.3, 0.4) is 0 Å². The van der Waals surface area contributed by atoms with Crippen molar-refractivity contribution < 1.29 is 14.0 Å². The first-order valence-corrected chi connectivity index (χ1v) is 11.0. The fourth-order valence-corrected chi connectivity index (χ4v) is 5.05. The van der Waals surface area contributed by atoms with Crippen molar-refractivity contribution in [3.8, 4) is 0 Å². The molecule has 2 aromatic heterocycles. The van der Waals surface area contributed by atoms with Crippen LogP contribution in [0.2, 0.25) is 0 Å². The van der Waals surface area contributed by atoms with Crippen molar-refractivity contribution in [3.05, 3.63) is 82.4 Å². The molecule has 4 heterocycles. The number of benzene rings is 1. The van der Waals surface area contributed by atoms with Gasteiger partial charge in [0, 0.05) is 18.3 Å². The molecule has 7 nitrogen and oxygen atoms in total. The molecule has 2 amide bonds. The van der Waals surface area contributed by atoms with Crippen LogP contribution in [-0.2, 0) is 9.59 Å². The summed E-state index contributed by atoms with van der Waals surface area (Å²) in [5.41, 5.74) is 1.74. The normalized spacial score (nSPS) is 21.7. The number of amides is 2. The number of hydrazone groups is 1. The van der Waals surface area contributed by atoms with Gasteiger partial charge in [0.25, 0.3) is 5.91 Å². The Labute approximate surface area is 184 Å². The van der Waals surface area contributed by atoms with E-state index in [2.05, 4.69) is 5.10 Å². The lowest BCUT2D eigenvalue weighted by Crippen LogP contribution is -2.39. The molecular formula is C23H22N4O3S. The Kier molecular flexibility index (Phi) is 5.17. The second-order valence-electron chi connectivity index (χ2n) is 7.69. The fraction of sp³-hybridized carbons (Fsp3) is 0.261. The highest BCUT2D eigenvalue weighted by atomic mass is 32.1. The maximum Gasteiger partial charge on any atom is 0.257 e. The van der Waals surface area contributed by atoms with Crippen molar-refractivity contribution >= 4 is 28.9 Å². The van der Waals surface area contributed by atoms with Crippen LogP contribution in [0.15, 0.2) is 75.8 Å². The van der Waals surface area contributed by atoms with Crippen LogP contribution < -0.4 is 0 Å². The SMILES string of the molecule is CN1C(=O)CN(CC(=O)N2N=C(c3ccco3)C[C@@H]2c2cccs2)[C@@H]1c1ccccc1. The second-order valence-corrected chi connectivity index (χ2v) is 8.67. The van der Waals surface area contributed by atoms with E-state index >= 15 is 0 Å². The lowest BCUT2D eigenvalue weighted by atomic mass is 10.1. The summed E-state index contributed by atoms with van der Waals surface area (Å²) in [6.45, 7) is 0.306. The maximum atomic E-state index is 13.4. The summed E-state index contributed by atoms with van der Waals surface area (Å²) in [5.74, 6) is 0.539. The highest BCUT2D eigenvalue weighted by Gasteiger charge is 2.40. The number of hydrogen-bond donors (Lipinski definition) is 0. The number of furan rings is 1. The molecule has 0 saturated carbocycles. The van der Waals surface area contributed by atoms with E-state index < -0.39 is 0 Å². The number of carbonyl (C=O) groups is 2. The first-order chi connectivity index (χ1) is 15.1. The molecule has 3 aromatic rings. The predicted octanol–water partition coefficient (Wildman–Crippen LogP) is 3.49. The molecule has 2 atom stereocenters. The Morgan fingerprint density at radius 1 is 1.16 bits per heavy atom. The van der Waals surface area contributed by atoms with E-state index in [1.54, 1.807) is 34.6 Å². The van der Waals surface area contributed by atoms with Gasteiger partial charge in [-0.3, -0.25) is 14.5 Å². The van der Waals surface area contributed by atoms with Gasteiger partial charge < -0.3 is 9.32 Å². The van der Waals surface area contributed by atoms with E-state index in [1.807, 2.05) is 64.9 Å². The molecule has 0 spiro atoms. The van der Waals surface area contributed by atoms with Gasteiger partial charge in [-0.15, -0.1) is 11.3 Å². The second kappa shape index (κ2) is 8.13. The van der Waals surface area contributed by atoms with Gasteiger partial charge in [0.1, 0.15) is 17.6 Å². The number of thiophene rings is 1. The van der Waals surface area contributed by atoms with Gasteiger partial charge in [-0.05, 0) is 29.1 Å². The van der Waals surface area contributed by atoms with Gasteiger partial charge in [0.15, 0.2) is 0 Å². The lowest BCUT2D eigenvalue weighted by Gasteiger charge is -2.29. The van der Waals surface area contributed by atoms with Gasteiger partial charge in [0.05, 0.1) is 25.4 Å². The summed E-state index contributed by atoms with van der Waals surface area (Å²) >= 11 is 1.61. The molecule has 1 aromatic carbocycles. The zero-order valence-electron chi connectivity index (χ0n) is 17.0. The van der Waals surface area contributed by atoms with Crippen LogP contribution in [0, 0.1) is 0 Å². The van der Waals surface area contributed by atoms with E-state index in [4.69, 9.17) is 4.42 Å². The van der Waals surface area contributed by atoms with Crippen molar-refractivity contribution in [2.24, 2.45) is 5.10 Å². The summed E-state index contributed by atoms with van der Waals surface area (Å²) in [7, 11) is 1.78. The van der Waals surface area contributed by atoms with E-state index in [-0.39, 0.29) is 37.1 Å². The van der Waals surface area contributed by atoms with E-state index in [0.29, 0.717) is 12.2 Å². The smallest absolute Gasteiger partial charge is 0.257 e. The van der Waals surface area contributed by atoms with Crippen LogP contribution in [0.25, 0.3) is 0 Å². The minimum absolute atomic E-state index is 0.00217. The number of carbonyl (C=O) groups excluding carboxylic acids is 2.